The maximum Gasteiger partial charge on any atom is 0.127 e. The van der Waals surface area contributed by atoms with Crippen LogP contribution in [0.1, 0.15) is 24.0 Å². The Morgan fingerprint density at radius 1 is 0.931 bits per heavy atom. The van der Waals surface area contributed by atoms with Gasteiger partial charge in [0.2, 0.25) is 0 Å². The van der Waals surface area contributed by atoms with E-state index in [0.717, 1.165) is 31.7 Å². The van der Waals surface area contributed by atoms with Crippen LogP contribution in [0.3, 0.4) is 0 Å². The van der Waals surface area contributed by atoms with Gasteiger partial charge in [-0.15, -0.1) is 0 Å². The Kier molecular flexibility index (Phi) is 7.29. The minimum atomic E-state index is 0.684. The summed E-state index contributed by atoms with van der Waals surface area (Å²) in [6.45, 7) is 4.74. The fraction of sp³-hybridized carbons (Fsp3) is 0.385. The van der Waals surface area contributed by atoms with Gasteiger partial charge in [0.1, 0.15) is 12.4 Å². The van der Waals surface area contributed by atoms with E-state index in [9.17, 15) is 0 Å². The highest BCUT2D eigenvalue weighted by Gasteiger charge is 2.17. The van der Waals surface area contributed by atoms with E-state index in [1.54, 1.807) is 0 Å². The Morgan fingerprint density at radius 3 is 2.45 bits per heavy atom. The van der Waals surface area contributed by atoms with E-state index in [0.29, 0.717) is 6.61 Å². The summed E-state index contributed by atoms with van der Waals surface area (Å²) in [6, 6.07) is 15.2. The van der Waals surface area contributed by atoms with Gasteiger partial charge in [0, 0.05) is 18.7 Å². The van der Waals surface area contributed by atoms with Gasteiger partial charge in [-0.3, -0.25) is 0 Å². The van der Waals surface area contributed by atoms with E-state index in [4.69, 9.17) is 4.74 Å². The third-order valence-corrected chi connectivity index (χ3v) is 5.31. The molecule has 29 heavy (non-hydrogen) atoms. The SMILES string of the molecule is Cc1ccccc1-c1ccc(OCCN(C)C)c(C2=C(CN(C)C)CCC=C2)c1. The molecular formula is C26H34N2O. The molecule has 0 bridgehead atoms. The van der Waals surface area contributed by atoms with Gasteiger partial charge >= 0.3 is 0 Å². The van der Waals surface area contributed by atoms with E-state index >= 15 is 0 Å². The Morgan fingerprint density at radius 2 is 1.72 bits per heavy atom. The van der Waals surface area contributed by atoms with E-state index in [1.807, 2.05) is 0 Å². The molecular weight excluding hydrogens is 356 g/mol. The smallest absolute Gasteiger partial charge is 0.127 e. The second kappa shape index (κ2) is 9.91. The Hall–Kier alpha value is -2.36. The molecule has 0 spiro atoms. The monoisotopic (exact) mass is 390 g/mol. The zero-order chi connectivity index (χ0) is 20.8. The van der Waals surface area contributed by atoms with Gasteiger partial charge in [0.15, 0.2) is 0 Å². The zero-order valence-electron chi connectivity index (χ0n) is 18.5. The standard InChI is InChI=1S/C26H34N2O/c1-20-10-6-8-12-23(20)21-14-15-26(29-17-16-27(2)3)25(18-21)24-13-9-7-11-22(24)19-28(4)5/h6,8-10,12-15,18H,7,11,16-17,19H2,1-5H3. The van der Waals surface area contributed by atoms with Crippen LogP contribution >= 0.6 is 0 Å². The van der Waals surface area contributed by atoms with Crippen molar-refractivity contribution in [3.8, 4) is 16.9 Å². The highest BCUT2D eigenvalue weighted by atomic mass is 16.5. The molecule has 3 nitrogen and oxygen atoms in total. The van der Waals surface area contributed by atoms with Crippen molar-refractivity contribution in [3.05, 3.63) is 71.3 Å². The number of aryl methyl sites for hydroxylation is 1. The molecule has 1 aliphatic rings. The van der Waals surface area contributed by atoms with Crippen LogP contribution in [0.2, 0.25) is 0 Å². The first-order valence-corrected chi connectivity index (χ1v) is 10.5. The molecule has 0 unspecified atom stereocenters. The van der Waals surface area contributed by atoms with Crippen LogP contribution in [0.4, 0.5) is 0 Å². The van der Waals surface area contributed by atoms with E-state index in [1.165, 1.54) is 33.4 Å². The number of hydrogen-bond acceptors (Lipinski definition) is 3. The van der Waals surface area contributed by atoms with Crippen molar-refractivity contribution in [3.63, 3.8) is 0 Å². The minimum absolute atomic E-state index is 0.684. The Labute approximate surface area is 176 Å². The van der Waals surface area contributed by atoms with E-state index < -0.39 is 0 Å². The van der Waals surface area contributed by atoms with Crippen LogP contribution in [-0.4, -0.2) is 57.7 Å². The number of benzene rings is 2. The maximum atomic E-state index is 6.25. The summed E-state index contributed by atoms with van der Waals surface area (Å²) in [5.41, 5.74) is 7.83. The Bertz CT molecular complexity index is 893. The number of likely N-dealkylation sites (N-methyl/N-ethyl adjacent to an activating group) is 2. The summed E-state index contributed by atoms with van der Waals surface area (Å²) in [5.74, 6) is 0.974. The maximum absolute atomic E-state index is 6.25. The third kappa shape index (κ3) is 5.59. The lowest BCUT2D eigenvalue weighted by Gasteiger charge is -2.23. The average molecular weight is 391 g/mol. The molecule has 0 N–H and O–H groups in total. The molecule has 0 atom stereocenters. The fourth-order valence-electron chi connectivity index (χ4n) is 3.81. The van der Waals surface area contributed by atoms with Crippen molar-refractivity contribution in [2.24, 2.45) is 0 Å². The van der Waals surface area contributed by atoms with Crippen molar-refractivity contribution in [1.82, 2.24) is 9.80 Å². The highest BCUT2D eigenvalue weighted by Crippen LogP contribution is 2.37. The first-order valence-electron chi connectivity index (χ1n) is 10.5. The summed E-state index contributed by atoms with van der Waals surface area (Å²) < 4.78 is 6.25. The van der Waals surface area contributed by atoms with Gasteiger partial charge in [-0.2, -0.15) is 0 Å². The van der Waals surface area contributed by atoms with Crippen LogP contribution < -0.4 is 4.74 Å². The molecule has 0 fully saturated rings. The quantitative estimate of drug-likeness (QED) is 0.611. The van der Waals surface area contributed by atoms with Gasteiger partial charge < -0.3 is 14.5 Å². The largest absolute Gasteiger partial charge is 0.492 e. The lowest BCUT2D eigenvalue weighted by Crippen LogP contribution is -2.20. The second-order valence-electron chi connectivity index (χ2n) is 8.37. The molecule has 154 valence electrons. The van der Waals surface area contributed by atoms with Crippen LogP contribution in [-0.2, 0) is 0 Å². The molecule has 0 aromatic heterocycles. The summed E-state index contributed by atoms with van der Waals surface area (Å²) in [7, 11) is 8.43. The normalized spacial score (nSPS) is 14.2. The van der Waals surface area contributed by atoms with Crippen molar-refractivity contribution in [1.29, 1.82) is 0 Å². The predicted molar refractivity (Wildman–Crippen MR) is 125 cm³/mol. The number of rotatable bonds is 8. The molecule has 2 aromatic carbocycles. The van der Waals surface area contributed by atoms with Crippen LogP contribution in [0.15, 0.2) is 60.2 Å². The molecule has 3 rings (SSSR count). The van der Waals surface area contributed by atoms with E-state index in [2.05, 4.69) is 99.5 Å². The average Bonchev–Trinajstić information content (AvgIpc) is 2.68. The number of allylic oxidation sites excluding steroid dienone is 3. The molecule has 0 saturated heterocycles. The van der Waals surface area contributed by atoms with Crippen LogP contribution in [0.25, 0.3) is 16.7 Å². The topological polar surface area (TPSA) is 15.7 Å². The van der Waals surface area contributed by atoms with Gasteiger partial charge in [0.05, 0.1) is 0 Å². The van der Waals surface area contributed by atoms with Crippen molar-refractivity contribution < 1.29 is 4.74 Å². The molecule has 0 saturated carbocycles. The van der Waals surface area contributed by atoms with Crippen molar-refractivity contribution in [2.75, 3.05) is 47.9 Å². The third-order valence-electron chi connectivity index (χ3n) is 5.31. The molecule has 0 aliphatic heterocycles. The summed E-state index contributed by atoms with van der Waals surface area (Å²) in [6.07, 6.45) is 6.80. The molecule has 0 amide bonds. The number of nitrogens with zero attached hydrogens (tertiary/aromatic N) is 2. The fourth-order valence-corrected chi connectivity index (χ4v) is 3.81. The van der Waals surface area contributed by atoms with Gasteiger partial charge in [0.25, 0.3) is 0 Å². The lowest BCUT2D eigenvalue weighted by atomic mass is 9.89. The van der Waals surface area contributed by atoms with Gasteiger partial charge in [-0.25, -0.2) is 0 Å². The number of hydrogen-bond donors (Lipinski definition) is 0. The van der Waals surface area contributed by atoms with Crippen molar-refractivity contribution in [2.45, 2.75) is 19.8 Å². The van der Waals surface area contributed by atoms with E-state index in [-0.39, 0.29) is 0 Å². The molecule has 3 heteroatoms. The summed E-state index contributed by atoms with van der Waals surface area (Å²) >= 11 is 0. The van der Waals surface area contributed by atoms with Crippen LogP contribution in [0, 0.1) is 6.92 Å². The predicted octanol–water partition coefficient (Wildman–Crippen LogP) is 5.27. The van der Waals surface area contributed by atoms with Crippen molar-refractivity contribution >= 4 is 5.57 Å². The number of ether oxygens (including phenoxy) is 1. The minimum Gasteiger partial charge on any atom is -0.492 e. The van der Waals surface area contributed by atoms with Gasteiger partial charge in [-0.1, -0.05) is 42.5 Å². The van der Waals surface area contributed by atoms with Crippen LogP contribution in [0.5, 0.6) is 5.75 Å². The van der Waals surface area contributed by atoms with Gasteiger partial charge in [-0.05, 0) is 87.9 Å². The zero-order valence-corrected chi connectivity index (χ0v) is 18.5. The molecule has 0 radical (unpaired) electrons. The first-order chi connectivity index (χ1) is 14.0. The highest BCUT2D eigenvalue weighted by molar-refractivity contribution is 5.84. The lowest BCUT2D eigenvalue weighted by molar-refractivity contribution is 0.261. The summed E-state index contributed by atoms with van der Waals surface area (Å²) in [4.78, 5) is 4.41. The first kappa shape index (κ1) is 21.4. The second-order valence-corrected chi connectivity index (χ2v) is 8.37. The summed E-state index contributed by atoms with van der Waals surface area (Å²) in [5, 5.41) is 0. The molecule has 0 heterocycles. The molecule has 2 aromatic rings. The Balaban J connectivity index is 2.07. The molecule has 1 aliphatic carbocycles.